The van der Waals surface area contributed by atoms with Crippen LogP contribution >= 0.6 is 11.8 Å². The van der Waals surface area contributed by atoms with Crippen molar-refractivity contribution < 1.29 is 18.0 Å². The van der Waals surface area contributed by atoms with Crippen molar-refractivity contribution in [2.75, 3.05) is 23.7 Å². The number of rotatable bonds is 7. The number of carbonyl (C=O) groups excluding carboxylic acids is 2. The van der Waals surface area contributed by atoms with Crippen molar-refractivity contribution in [1.82, 2.24) is 9.71 Å². The van der Waals surface area contributed by atoms with Gasteiger partial charge < -0.3 is 4.90 Å². The summed E-state index contributed by atoms with van der Waals surface area (Å²) in [4.78, 5) is 31.3. The Kier molecular flexibility index (Phi) is 8.10. The number of hydrogen-bond acceptors (Lipinski definition) is 8. The van der Waals surface area contributed by atoms with Crippen LogP contribution in [0.4, 0.5) is 5.82 Å². The molecular formula is C23H26N4O4S2. The average Bonchev–Trinajstić information content (AvgIpc) is 2.79. The number of nitrogens with zero attached hydrogens (tertiary/aromatic N) is 3. The van der Waals surface area contributed by atoms with Gasteiger partial charge in [0.1, 0.15) is 11.9 Å². The summed E-state index contributed by atoms with van der Waals surface area (Å²) in [5.41, 5.74) is 1.91. The van der Waals surface area contributed by atoms with E-state index in [-0.39, 0.29) is 10.9 Å². The molecule has 1 fully saturated rings. The normalized spacial score (nSPS) is 14.5. The van der Waals surface area contributed by atoms with E-state index < -0.39 is 21.8 Å². The summed E-state index contributed by atoms with van der Waals surface area (Å²) in [5, 5.41) is 9.49. The third-order valence-corrected chi connectivity index (χ3v) is 7.43. The first kappa shape index (κ1) is 24.7. The molecule has 0 radical (unpaired) electrons. The van der Waals surface area contributed by atoms with E-state index in [1.807, 2.05) is 11.8 Å². The van der Waals surface area contributed by atoms with Crippen LogP contribution in [0.5, 0.6) is 0 Å². The van der Waals surface area contributed by atoms with Gasteiger partial charge in [-0.25, -0.2) is 13.4 Å². The molecule has 1 N–H and O–H groups in total. The fraction of sp³-hybridized carbons (Fsp3) is 0.391. The van der Waals surface area contributed by atoms with E-state index >= 15 is 0 Å². The molecule has 0 saturated carbocycles. The molecule has 174 valence electrons. The van der Waals surface area contributed by atoms with E-state index in [2.05, 4.69) is 15.8 Å². The van der Waals surface area contributed by atoms with Gasteiger partial charge in [0.2, 0.25) is 21.0 Å². The molecule has 33 heavy (non-hydrogen) atoms. The van der Waals surface area contributed by atoms with Gasteiger partial charge in [0, 0.05) is 19.0 Å². The monoisotopic (exact) mass is 486 g/mol. The second-order valence-electron chi connectivity index (χ2n) is 7.80. The number of amides is 1. The third kappa shape index (κ3) is 6.33. The summed E-state index contributed by atoms with van der Waals surface area (Å²) >= 11 is 1.17. The van der Waals surface area contributed by atoms with E-state index in [0.717, 1.165) is 0 Å². The Balaban J connectivity index is 1.64. The predicted molar refractivity (Wildman–Crippen MR) is 128 cm³/mol. The third-order valence-electron chi connectivity index (χ3n) is 5.43. The van der Waals surface area contributed by atoms with Crippen LogP contribution in [0, 0.1) is 24.2 Å². The summed E-state index contributed by atoms with van der Waals surface area (Å²) in [6.45, 7) is 4.54. The number of carbonyl (C=O) groups is 2. The SMILES string of the molecule is CCSC(=O)c1cc(C#N)c(N2CCC(C(=O)NS(=O)(=O)Cc3ccccc3)CC2)nc1C. The largest absolute Gasteiger partial charge is 0.355 e. The second-order valence-corrected chi connectivity index (χ2v) is 10.8. The molecule has 0 spiro atoms. The standard InChI is InChI=1S/C23H26N4O4S2/c1-3-32-23(29)20-13-19(14-24)21(25-16(20)2)27-11-9-18(10-12-27)22(28)26-33(30,31)15-17-7-5-4-6-8-17/h4-8,13,18H,3,9-12,15H2,1-2H3,(H,26,28). The number of benzene rings is 1. The number of aryl methyl sites for hydroxylation is 1. The summed E-state index contributed by atoms with van der Waals surface area (Å²) in [7, 11) is -3.79. The average molecular weight is 487 g/mol. The van der Waals surface area contributed by atoms with Crippen molar-refractivity contribution in [3.63, 3.8) is 0 Å². The maximum Gasteiger partial charge on any atom is 0.239 e. The number of piperidine rings is 1. The van der Waals surface area contributed by atoms with Crippen LogP contribution in [0.3, 0.4) is 0 Å². The molecule has 10 heteroatoms. The maximum atomic E-state index is 12.6. The predicted octanol–water partition coefficient (Wildman–Crippen LogP) is 3.02. The molecule has 1 saturated heterocycles. The quantitative estimate of drug-likeness (QED) is 0.634. The number of thioether (sulfide) groups is 1. The van der Waals surface area contributed by atoms with Crippen LogP contribution in [0.15, 0.2) is 36.4 Å². The van der Waals surface area contributed by atoms with E-state index in [0.29, 0.717) is 59.9 Å². The molecule has 0 aliphatic carbocycles. The van der Waals surface area contributed by atoms with Crippen LogP contribution in [-0.4, -0.2) is 43.3 Å². The lowest BCUT2D eigenvalue weighted by Gasteiger charge is -2.32. The molecule has 1 aliphatic heterocycles. The van der Waals surface area contributed by atoms with Crippen molar-refractivity contribution in [1.29, 1.82) is 5.26 Å². The molecule has 8 nitrogen and oxygen atoms in total. The highest BCUT2D eigenvalue weighted by Crippen LogP contribution is 2.28. The van der Waals surface area contributed by atoms with Gasteiger partial charge in [-0.2, -0.15) is 5.26 Å². The van der Waals surface area contributed by atoms with Gasteiger partial charge in [-0.05, 0) is 37.1 Å². The number of nitriles is 1. The lowest BCUT2D eigenvalue weighted by atomic mass is 9.96. The molecule has 1 aromatic heterocycles. The minimum absolute atomic E-state index is 0.113. The Labute approximate surface area is 198 Å². The summed E-state index contributed by atoms with van der Waals surface area (Å²) < 4.78 is 27.0. The summed E-state index contributed by atoms with van der Waals surface area (Å²) in [6.07, 6.45) is 0.870. The first-order chi connectivity index (χ1) is 15.7. The van der Waals surface area contributed by atoms with Gasteiger partial charge in [-0.3, -0.25) is 14.3 Å². The van der Waals surface area contributed by atoms with Crippen LogP contribution in [0.25, 0.3) is 0 Å². The molecule has 1 aromatic carbocycles. The van der Waals surface area contributed by atoms with E-state index in [4.69, 9.17) is 0 Å². The zero-order chi connectivity index (χ0) is 24.0. The fourth-order valence-electron chi connectivity index (χ4n) is 3.75. The Morgan fingerprint density at radius 2 is 1.91 bits per heavy atom. The summed E-state index contributed by atoms with van der Waals surface area (Å²) in [5.74, 6) is -0.0794. The Hall–Kier alpha value is -2.90. The topological polar surface area (TPSA) is 120 Å². The van der Waals surface area contributed by atoms with Crippen LogP contribution in [-0.2, 0) is 20.6 Å². The second kappa shape index (κ2) is 10.8. The number of aromatic nitrogens is 1. The van der Waals surface area contributed by atoms with Gasteiger partial charge >= 0.3 is 0 Å². The Bertz CT molecular complexity index is 1170. The van der Waals surface area contributed by atoms with Crippen LogP contribution in [0.1, 0.15) is 46.9 Å². The lowest BCUT2D eigenvalue weighted by Crippen LogP contribution is -2.43. The molecule has 0 bridgehead atoms. The highest BCUT2D eigenvalue weighted by molar-refractivity contribution is 8.14. The first-order valence-electron chi connectivity index (χ1n) is 10.7. The van der Waals surface area contributed by atoms with Gasteiger partial charge in [-0.1, -0.05) is 49.0 Å². The minimum Gasteiger partial charge on any atom is -0.355 e. The molecule has 2 heterocycles. The van der Waals surface area contributed by atoms with Crippen LogP contribution < -0.4 is 9.62 Å². The number of hydrogen-bond donors (Lipinski definition) is 1. The van der Waals surface area contributed by atoms with Gasteiger partial charge in [-0.15, -0.1) is 0 Å². The Morgan fingerprint density at radius 1 is 1.24 bits per heavy atom. The van der Waals surface area contributed by atoms with E-state index in [9.17, 15) is 23.3 Å². The van der Waals surface area contributed by atoms with E-state index in [1.165, 1.54) is 11.8 Å². The number of nitrogens with one attached hydrogen (secondary N) is 1. The molecule has 1 amide bonds. The number of pyridine rings is 1. The smallest absolute Gasteiger partial charge is 0.239 e. The first-order valence-corrected chi connectivity index (χ1v) is 13.3. The van der Waals surface area contributed by atoms with Crippen molar-refractivity contribution in [2.45, 2.75) is 32.4 Å². The van der Waals surface area contributed by atoms with Crippen molar-refractivity contribution in [3.8, 4) is 6.07 Å². The highest BCUT2D eigenvalue weighted by Gasteiger charge is 2.29. The lowest BCUT2D eigenvalue weighted by molar-refractivity contribution is -0.123. The number of anilines is 1. The molecule has 2 aromatic rings. The molecular weight excluding hydrogens is 460 g/mol. The van der Waals surface area contributed by atoms with Crippen molar-refractivity contribution in [3.05, 3.63) is 58.8 Å². The molecule has 3 rings (SSSR count). The zero-order valence-corrected chi connectivity index (χ0v) is 20.2. The Morgan fingerprint density at radius 3 is 2.52 bits per heavy atom. The van der Waals surface area contributed by atoms with E-state index in [1.54, 1.807) is 43.3 Å². The van der Waals surface area contributed by atoms with Crippen molar-refractivity contribution in [2.24, 2.45) is 5.92 Å². The van der Waals surface area contributed by atoms with Gasteiger partial charge in [0.15, 0.2) is 0 Å². The van der Waals surface area contributed by atoms with Gasteiger partial charge in [0.25, 0.3) is 0 Å². The van der Waals surface area contributed by atoms with Crippen molar-refractivity contribution >= 4 is 38.6 Å². The minimum atomic E-state index is -3.79. The molecule has 0 unspecified atom stereocenters. The number of sulfonamides is 1. The molecule has 0 atom stereocenters. The van der Waals surface area contributed by atoms with Gasteiger partial charge in [0.05, 0.1) is 22.6 Å². The maximum absolute atomic E-state index is 12.6. The van der Waals surface area contributed by atoms with Crippen LogP contribution in [0.2, 0.25) is 0 Å². The fourth-order valence-corrected chi connectivity index (χ4v) is 5.55. The molecule has 1 aliphatic rings. The highest BCUT2D eigenvalue weighted by atomic mass is 32.2. The zero-order valence-electron chi connectivity index (χ0n) is 18.6. The summed E-state index contributed by atoms with van der Waals surface area (Å²) in [6, 6.07) is 12.4.